The minimum absolute atomic E-state index is 0.0279. The molecule has 0 atom stereocenters. The molecule has 0 bridgehead atoms. The zero-order valence-corrected chi connectivity index (χ0v) is 17.3. The van der Waals surface area contributed by atoms with Gasteiger partial charge >= 0.3 is 6.03 Å². The lowest BCUT2D eigenvalue weighted by molar-refractivity contribution is 0.0550. The number of urea groups is 1. The molecule has 2 aromatic rings. The van der Waals surface area contributed by atoms with Gasteiger partial charge in [0.2, 0.25) is 0 Å². The third kappa shape index (κ3) is 2.58. The number of fused-ring (bicyclic) bond motifs is 4. The summed E-state index contributed by atoms with van der Waals surface area (Å²) < 4.78 is 11.3. The molecule has 0 saturated carbocycles. The molecule has 0 aromatic heterocycles. The number of carbonyl (C=O) groups excluding carboxylic acids is 1. The first-order valence-corrected chi connectivity index (χ1v) is 11.2. The molecule has 2 fully saturated rings. The highest BCUT2D eigenvalue weighted by Gasteiger charge is 2.50. The molecule has 30 heavy (non-hydrogen) atoms. The first-order valence-electron chi connectivity index (χ1n) is 11.2. The Morgan fingerprint density at radius 2 is 1.07 bits per heavy atom. The Kier molecular flexibility index (Phi) is 4.19. The van der Waals surface area contributed by atoms with Gasteiger partial charge in [0, 0.05) is 61.7 Å². The Labute approximate surface area is 177 Å². The van der Waals surface area contributed by atoms with Gasteiger partial charge in [0.15, 0.2) is 0 Å². The zero-order valence-electron chi connectivity index (χ0n) is 17.3. The number of hydrogen-bond acceptors (Lipinski definition) is 3. The number of rotatable bonds is 0. The average Bonchev–Trinajstić information content (AvgIpc) is 3.29. The topological polar surface area (TPSA) is 42.0 Å². The molecule has 5 nitrogen and oxygen atoms in total. The van der Waals surface area contributed by atoms with Crippen molar-refractivity contribution >= 4 is 17.4 Å². The maximum absolute atomic E-state index is 14.0. The molecule has 0 radical (unpaired) electrons. The molecule has 2 spiro atoms. The highest BCUT2D eigenvalue weighted by Crippen LogP contribution is 2.50. The smallest absolute Gasteiger partial charge is 0.329 e. The van der Waals surface area contributed by atoms with E-state index in [2.05, 4.69) is 48.5 Å². The molecule has 4 heterocycles. The van der Waals surface area contributed by atoms with Crippen LogP contribution in [0.4, 0.5) is 16.2 Å². The average molecular weight is 405 g/mol. The summed E-state index contributed by atoms with van der Waals surface area (Å²) in [5.74, 6) is 0. The minimum Gasteiger partial charge on any atom is -0.381 e. The summed E-state index contributed by atoms with van der Waals surface area (Å²) in [6.45, 7) is 4.59. The van der Waals surface area contributed by atoms with Crippen molar-refractivity contribution in [1.82, 2.24) is 0 Å². The van der Waals surface area contributed by atoms with Crippen LogP contribution in [0, 0.1) is 0 Å². The van der Waals surface area contributed by atoms with Gasteiger partial charge in [-0.05, 0) is 48.9 Å². The van der Waals surface area contributed by atoms with Crippen LogP contribution in [0.1, 0.15) is 36.8 Å². The SMILES string of the molecule is O=C(N1CC2(CCOCC2)c2ccccc21)N1CC2(CCOCC2)c2ccccc21. The van der Waals surface area contributed by atoms with Gasteiger partial charge in [-0.25, -0.2) is 4.79 Å². The second kappa shape index (κ2) is 6.82. The van der Waals surface area contributed by atoms with Crippen LogP contribution in [0.15, 0.2) is 48.5 Å². The number of carbonyl (C=O) groups is 1. The molecule has 0 aliphatic carbocycles. The van der Waals surface area contributed by atoms with Crippen LogP contribution in [-0.4, -0.2) is 45.5 Å². The van der Waals surface area contributed by atoms with Gasteiger partial charge in [0.1, 0.15) is 0 Å². The molecule has 4 aliphatic heterocycles. The summed E-state index contributed by atoms with van der Waals surface area (Å²) in [4.78, 5) is 18.1. The molecule has 156 valence electrons. The van der Waals surface area contributed by atoms with Crippen molar-refractivity contribution in [2.45, 2.75) is 36.5 Å². The summed E-state index contributed by atoms with van der Waals surface area (Å²) in [7, 11) is 0. The van der Waals surface area contributed by atoms with E-state index in [-0.39, 0.29) is 16.9 Å². The molecule has 6 rings (SSSR count). The van der Waals surface area contributed by atoms with Crippen molar-refractivity contribution in [2.75, 3.05) is 49.3 Å². The highest BCUT2D eigenvalue weighted by atomic mass is 16.5. The Hall–Kier alpha value is -2.37. The lowest BCUT2D eigenvalue weighted by Crippen LogP contribution is -2.48. The van der Waals surface area contributed by atoms with E-state index in [4.69, 9.17) is 9.47 Å². The fraction of sp³-hybridized carbons (Fsp3) is 0.480. The molecular weight excluding hydrogens is 376 g/mol. The fourth-order valence-electron chi connectivity index (χ4n) is 6.13. The third-order valence-electron chi connectivity index (χ3n) is 7.82. The van der Waals surface area contributed by atoms with Crippen molar-refractivity contribution in [2.24, 2.45) is 0 Å². The third-order valence-corrected chi connectivity index (χ3v) is 7.82. The van der Waals surface area contributed by atoms with Gasteiger partial charge < -0.3 is 9.47 Å². The van der Waals surface area contributed by atoms with E-state index in [0.29, 0.717) is 0 Å². The van der Waals surface area contributed by atoms with Crippen LogP contribution in [-0.2, 0) is 20.3 Å². The standard InChI is InChI=1S/C25H28N2O3/c28-23(26-17-24(9-13-29-14-10-24)19-5-1-3-7-21(19)26)27-18-25(11-15-30-16-12-25)20-6-2-4-8-22(20)27/h1-8H,9-18H2. The van der Waals surface area contributed by atoms with Crippen molar-refractivity contribution in [3.8, 4) is 0 Å². The van der Waals surface area contributed by atoms with E-state index < -0.39 is 0 Å². The van der Waals surface area contributed by atoms with E-state index in [1.807, 2.05) is 9.80 Å². The quantitative estimate of drug-likeness (QED) is 0.659. The Morgan fingerprint density at radius 1 is 0.667 bits per heavy atom. The van der Waals surface area contributed by atoms with Crippen LogP contribution in [0.3, 0.4) is 0 Å². The van der Waals surface area contributed by atoms with Crippen molar-refractivity contribution in [3.63, 3.8) is 0 Å². The van der Waals surface area contributed by atoms with Crippen LogP contribution in [0.2, 0.25) is 0 Å². The number of para-hydroxylation sites is 2. The van der Waals surface area contributed by atoms with Gasteiger partial charge in [-0.3, -0.25) is 9.80 Å². The number of benzene rings is 2. The predicted molar refractivity (Wildman–Crippen MR) is 116 cm³/mol. The summed E-state index contributed by atoms with van der Waals surface area (Å²) in [5, 5.41) is 0. The lowest BCUT2D eigenvalue weighted by Gasteiger charge is -2.36. The van der Waals surface area contributed by atoms with Crippen LogP contribution in [0.25, 0.3) is 0 Å². The second-order valence-corrected chi connectivity index (χ2v) is 9.27. The lowest BCUT2D eigenvalue weighted by atomic mass is 9.76. The fourth-order valence-corrected chi connectivity index (χ4v) is 6.13. The van der Waals surface area contributed by atoms with E-state index >= 15 is 0 Å². The first-order chi connectivity index (χ1) is 14.7. The zero-order chi connectivity index (χ0) is 20.2. The predicted octanol–water partition coefficient (Wildman–Crippen LogP) is 4.24. The van der Waals surface area contributed by atoms with Gasteiger partial charge in [0.25, 0.3) is 0 Å². The van der Waals surface area contributed by atoms with E-state index in [0.717, 1.165) is 76.6 Å². The first kappa shape index (κ1) is 18.4. The second-order valence-electron chi connectivity index (χ2n) is 9.27. The largest absolute Gasteiger partial charge is 0.381 e. The molecular formula is C25H28N2O3. The van der Waals surface area contributed by atoms with Crippen molar-refractivity contribution in [3.05, 3.63) is 59.7 Å². The van der Waals surface area contributed by atoms with E-state index in [1.54, 1.807) is 0 Å². The van der Waals surface area contributed by atoms with Crippen molar-refractivity contribution < 1.29 is 14.3 Å². The molecule has 2 amide bonds. The van der Waals surface area contributed by atoms with E-state index in [9.17, 15) is 4.79 Å². The van der Waals surface area contributed by atoms with Gasteiger partial charge in [-0.2, -0.15) is 0 Å². The van der Waals surface area contributed by atoms with Gasteiger partial charge in [0.05, 0.1) is 0 Å². The van der Waals surface area contributed by atoms with Crippen molar-refractivity contribution in [1.29, 1.82) is 0 Å². The molecule has 0 unspecified atom stereocenters. The Morgan fingerprint density at radius 3 is 1.50 bits per heavy atom. The Balaban J connectivity index is 1.38. The maximum atomic E-state index is 14.0. The van der Waals surface area contributed by atoms with Crippen LogP contribution < -0.4 is 9.80 Å². The molecule has 2 saturated heterocycles. The highest BCUT2D eigenvalue weighted by molar-refractivity contribution is 6.07. The summed E-state index contributed by atoms with van der Waals surface area (Å²) in [6.07, 6.45) is 3.91. The molecule has 4 aliphatic rings. The molecule has 5 heteroatoms. The normalized spacial score (nSPS) is 23.6. The number of anilines is 2. The number of ether oxygens (including phenoxy) is 2. The number of nitrogens with zero attached hydrogens (tertiary/aromatic N) is 2. The maximum Gasteiger partial charge on any atom is 0.329 e. The van der Waals surface area contributed by atoms with Gasteiger partial charge in [-0.15, -0.1) is 0 Å². The van der Waals surface area contributed by atoms with Crippen LogP contribution in [0.5, 0.6) is 0 Å². The summed E-state index contributed by atoms with van der Waals surface area (Å²) >= 11 is 0. The molecule has 2 aromatic carbocycles. The van der Waals surface area contributed by atoms with E-state index in [1.165, 1.54) is 11.1 Å². The minimum atomic E-state index is 0.0279. The number of amides is 2. The Bertz CT molecular complexity index is 898. The monoisotopic (exact) mass is 404 g/mol. The molecule has 0 N–H and O–H groups in total. The van der Waals surface area contributed by atoms with Crippen LogP contribution >= 0.6 is 0 Å². The summed E-state index contributed by atoms with van der Waals surface area (Å²) in [6, 6.07) is 17.1. The summed E-state index contributed by atoms with van der Waals surface area (Å²) in [5.41, 5.74) is 4.84. The van der Waals surface area contributed by atoms with Gasteiger partial charge in [-0.1, -0.05) is 36.4 Å². The number of hydrogen-bond donors (Lipinski definition) is 0.